The van der Waals surface area contributed by atoms with Crippen molar-refractivity contribution in [3.05, 3.63) is 13.3 Å². The van der Waals surface area contributed by atoms with E-state index in [4.69, 9.17) is 0 Å². The van der Waals surface area contributed by atoms with E-state index in [1.807, 2.05) is 0 Å². The van der Waals surface area contributed by atoms with Gasteiger partial charge in [-0.1, -0.05) is 19.3 Å². The van der Waals surface area contributed by atoms with Crippen LogP contribution in [0.1, 0.15) is 39.0 Å². The quantitative estimate of drug-likeness (QED) is 0.355. The van der Waals surface area contributed by atoms with Gasteiger partial charge in [-0.3, -0.25) is 0 Å². The van der Waals surface area contributed by atoms with Crippen molar-refractivity contribution in [1.82, 2.24) is 0 Å². The molecular formula is C8H16Mg. The first kappa shape index (κ1) is 12.4. The molecule has 0 N–H and O–H groups in total. The van der Waals surface area contributed by atoms with Gasteiger partial charge in [0.2, 0.25) is 0 Å². The van der Waals surface area contributed by atoms with Crippen LogP contribution in [-0.2, 0) is 0 Å². The minimum absolute atomic E-state index is 0. The maximum absolute atomic E-state index is 2.28. The molecule has 50 valence electrons. The van der Waals surface area contributed by atoms with Crippen molar-refractivity contribution in [3.63, 3.8) is 0 Å². The molecule has 0 saturated heterocycles. The van der Waals surface area contributed by atoms with Crippen molar-refractivity contribution >= 4 is 23.1 Å². The predicted molar refractivity (Wildman–Crippen MR) is 44.2 cm³/mol. The number of rotatable bonds is 0. The minimum atomic E-state index is 0. The van der Waals surface area contributed by atoms with E-state index in [9.17, 15) is 0 Å². The van der Waals surface area contributed by atoms with Gasteiger partial charge in [-0.05, 0) is 0 Å². The van der Waals surface area contributed by atoms with E-state index in [-0.39, 0.29) is 30.5 Å². The van der Waals surface area contributed by atoms with Crippen LogP contribution in [0.2, 0.25) is 0 Å². The third-order valence-electron chi connectivity index (χ3n) is 1.71. The second-order valence-corrected chi connectivity index (χ2v) is 2.52. The van der Waals surface area contributed by atoms with Gasteiger partial charge in [0.05, 0.1) is 0 Å². The van der Waals surface area contributed by atoms with Crippen LogP contribution in [-0.4, -0.2) is 23.1 Å². The zero-order chi connectivity index (χ0) is 5.11. The normalized spacial score (nSPS) is 19.7. The zero-order valence-electron chi connectivity index (χ0n) is 6.74. The van der Waals surface area contributed by atoms with Crippen molar-refractivity contribution < 1.29 is 0 Å². The zero-order valence-corrected chi connectivity index (χ0v) is 8.16. The van der Waals surface area contributed by atoms with Crippen molar-refractivity contribution in [3.8, 4) is 0 Å². The average Bonchev–Trinajstić information content (AvgIpc) is 1.69. The topological polar surface area (TPSA) is 0 Å². The van der Waals surface area contributed by atoms with E-state index in [1.54, 1.807) is 5.92 Å². The summed E-state index contributed by atoms with van der Waals surface area (Å²) in [6, 6.07) is 0. The summed E-state index contributed by atoms with van der Waals surface area (Å²) in [5.74, 6) is 1.71. The first-order valence-corrected chi connectivity index (χ1v) is 3.21. The van der Waals surface area contributed by atoms with Crippen molar-refractivity contribution in [2.45, 2.75) is 39.0 Å². The number of hydrogen-bond donors (Lipinski definition) is 0. The molecule has 1 rings (SSSR count). The Kier molecular flexibility index (Phi) is 9.51. The summed E-state index contributed by atoms with van der Waals surface area (Å²) in [6.45, 7) is 2.28. The molecule has 0 radical (unpaired) electrons. The van der Waals surface area contributed by atoms with Crippen LogP contribution < -0.4 is 0 Å². The monoisotopic (exact) mass is 136 g/mol. The molecule has 0 aromatic rings. The Morgan fingerprint density at radius 2 is 1.44 bits per heavy atom. The van der Waals surface area contributed by atoms with Crippen LogP contribution in [0.25, 0.3) is 0 Å². The van der Waals surface area contributed by atoms with E-state index in [0.29, 0.717) is 0 Å². The largest absolute Gasteiger partial charge is 2.00 e. The summed E-state index contributed by atoms with van der Waals surface area (Å²) in [5.41, 5.74) is 0. The smallest absolute Gasteiger partial charge is 0.358 e. The van der Waals surface area contributed by atoms with Crippen LogP contribution in [0.4, 0.5) is 0 Å². The van der Waals surface area contributed by atoms with Gasteiger partial charge >= 0.3 is 23.1 Å². The van der Waals surface area contributed by atoms with Crippen molar-refractivity contribution in [2.24, 2.45) is 0 Å². The Morgan fingerprint density at radius 1 is 1.00 bits per heavy atom. The summed E-state index contributed by atoms with van der Waals surface area (Å²) in [6.07, 6.45) is 7.18. The molecule has 1 aliphatic carbocycles. The standard InChI is InChI=1S/C7H13.CH3.Mg/c1-7-5-3-2-4-6-7;;/h2-6H2,1H3;1H3;/q2*-1;+2. The first-order chi connectivity index (χ1) is 3.39. The fourth-order valence-electron chi connectivity index (χ4n) is 1.16. The van der Waals surface area contributed by atoms with Crippen molar-refractivity contribution in [1.29, 1.82) is 0 Å². The molecule has 0 aromatic carbocycles. The summed E-state index contributed by atoms with van der Waals surface area (Å²) in [5, 5.41) is 0. The molecule has 1 saturated carbocycles. The molecule has 0 heterocycles. The van der Waals surface area contributed by atoms with Gasteiger partial charge in [-0.25, -0.2) is 0 Å². The third-order valence-corrected chi connectivity index (χ3v) is 1.71. The molecule has 0 unspecified atom stereocenters. The Balaban J connectivity index is 0. The van der Waals surface area contributed by atoms with Crippen LogP contribution in [0.5, 0.6) is 0 Å². The summed E-state index contributed by atoms with van der Waals surface area (Å²) in [4.78, 5) is 0. The van der Waals surface area contributed by atoms with Crippen LogP contribution in [0, 0.1) is 13.3 Å². The molecule has 0 aliphatic heterocycles. The van der Waals surface area contributed by atoms with E-state index in [0.717, 1.165) is 0 Å². The van der Waals surface area contributed by atoms with Gasteiger partial charge in [-0.2, -0.15) is 19.8 Å². The summed E-state index contributed by atoms with van der Waals surface area (Å²) < 4.78 is 0. The van der Waals surface area contributed by atoms with Gasteiger partial charge < -0.3 is 13.3 Å². The van der Waals surface area contributed by atoms with Crippen molar-refractivity contribution in [2.75, 3.05) is 0 Å². The molecule has 1 aliphatic rings. The third kappa shape index (κ3) is 5.22. The van der Waals surface area contributed by atoms with E-state index in [1.165, 1.54) is 32.1 Å². The molecule has 9 heavy (non-hydrogen) atoms. The molecule has 0 spiro atoms. The van der Waals surface area contributed by atoms with Gasteiger partial charge in [0, 0.05) is 0 Å². The minimum Gasteiger partial charge on any atom is -0.358 e. The fourth-order valence-corrected chi connectivity index (χ4v) is 1.16. The van der Waals surface area contributed by atoms with Gasteiger partial charge in [0.15, 0.2) is 0 Å². The van der Waals surface area contributed by atoms with Gasteiger partial charge in [0.1, 0.15) is 0 Å². The molecule has 0 nitrogen and oxygen atoms in total. The maximum Gasteiger partial charge on any atom is 2.00 e. The Labute approximate surface area is 75.6 Å². The Bertz CT molecular complexity index is 46.5. The fraction of sp³-hybridized carbons (Fsp3) is 0.750. The number of hydrogen-bond acceptors (Lipinski definition) is 0. The van der Waals surface area contributed by atoms with E-state index in [2.05, 4.69) is 6.92 Å². The predicted octanol–water partition coefficient (Wildman–Crippen LogP) is 2.61. The average molecular weight is 137 g/mol. The Hall–Kier alpha value is 0.766. The Morgan fingerprint density at radius 3 is 1.67 bits per heavy atom. The molecular weight excluding hydrogens is 120 g/mol. The summed E-state index contributed by atoms with van der Waals surface area (Å²) in [7, 11) is 0. The molecule has 0 amide bonds. The first-order valence-electron chi connectivity index (χ1n) is 3.21. The molecule has 0 atom stereocenters. The van der Waals surface area contributed by atoms with E-state index >= 15 is 0 Å². The van der Waals surface area contributed by atoms with Crippen LogP contribution in [0.3, 0.4) is 0 Å². The van der Waals surface area contributed by atoms with E-state index < -0.39 is 0 Å². The molecule has 0 aromatic heterocycles. The SMILES string of the molecule is C[C-]1CCCCC1.[CH3-].[Mg+2]. The van der Waals surface area contributed by atoms with Gasteiger partial charge in [0.25, 0.3) is 0 Å². The molecule has 1 fully saturated rings. The second-order valence-electron chi connectivity index (χ2n) is 2.52. The van der Waals surface area contributed by atoms with Crippen LogP contribution in [0.15, 0.2) is 0 Å². The van der Waals surface area contributed by atoms with Crippen LogP contribution >= 0.6 is 0 Å². The second kappa shape index (κ2) is 6.88. The molecule has 0 bridgehead atoms. The van der Waals surface area contributed by atoms with Gasteiger partial charge in [-0.15, -0.1) is 0 Å². The summed E-state index contributed by atoms with van der Waals surface area (Å²) >= 11 is 0. The maximum atomic E-state index is 2.28. The molecule has 1 heteroatoms.